The van der Waals surface area contributed by atoms with Crippen LogP contribution in [0, 0.1) is 0 Å². The molecular formula is C20H23BrCl2N2O2. The topological polar surface area (TPSA) is 50.4 Å². The minimum absolute atomic E-state index is 0. The average Bonchev–Trinajstić information content (AvgIpc) is 3.14. The zero-order valence-electron chi connectivity index (χ0n) is 15.1. The van der Waals surface area contributed by atoms with Crippen LogP contribution in [0.25, 0.3) is 0 Å². The molecule has 1 amide bonds. The van der Waals surface area contributed by atoms with E-state index in [1.165, 1.54) is 12.8 Å². The van der Waals surface area contributed by atoms with Crippen molar-refractivity contribution in [3.05, 3.63) is 57.0 Å². The zero-order valence-corrected chi connectivity index (χ0v) is 18.2. The van der Waals surface area contributed by atoms with Crippen LogP contribution in [-0.2, 0) is 6.54 Å². The van der Waals surface area contributed by atoms with Crippen molar-refractivity contribution in [2.45, 2.75) is 38.3 Å². The van der Waals surface area contributed by atoms with Gasteiger partial charge in [-0.25, -0.2) is 0 Å². The number of hydrogen-bond acceptors (Lipinski definition) is 3. The fraction of sp³-hybridized carbons (Fsp3) is 0.350. The van der Waals surface area contributed by atoms with Gasteiger partial charge < -0.3 is 15.4 Å². The number of halogens is 3. The SMILES string of the molecule is COc1ccc(CNC(=O)c2cc(Br)ccc2NC2CCCC2)cc1Cl.Cl. The van der Waals surface area contributed by atoms with E-state index in [2.05, 4.69) is 26.6 Å². The molecular weight excluding hydrogens is 451 g/mol. The summed E-state index contributed by atoms with van der Waals surface area (Å²) >= 11 is 9.61. The minimum atomic E-state index is -0.112. The van der Waals surface area contributed by atoms with Crippen LogP contribution in [0.3, 0.4) is 0 Å². The summed E-state index contributed by atoms with van der Waals surface area (Å²) in [5, 5.41) is 7.03. The fourth-order valence-corrected chi connectivity index (χ4v) is 3.86. The summed E-state index contributed by atoms with van der Waals surface area (Å²) in [4.78, 5) is 12.7. The largest absolute Gasteiger partial charge is 0.495 e. The van der Waals surface area contributed by atoms with E-state index in [-0.39, 0.29) is 18.3 Å². The third-order valence-corrected chi connectivity index (χ3v) is 5.40. The highest BCUT2D eigenvalue weighted by molar-refractivity contribution is 9.10. The Hall–Kier alpha value is -1.43. The number of carbonyl (C=O) groups is 1. The molecule has 0 unspecified atom stereocenters. The highest BCUT2D eigenvalue weighted by atomic mass is 79.9. The number of benzene rings is 2. The van der Waals surface area contributed by atoms with E-state index in [0.29, 0.717) is 28.9 Å². The van der Waals surface area contributed by atoms with Gasteiger partial charge in [-0.15, -0.1) is 12.4 Å². The second kappa shape index (κ2) is 10.2. The monoisotopic (exact) mass is 472 g/mol. The normalized spacial score (nSPS) is 13.7. The number of amides is 1. The molecule has 4 nitrogen and oxygen atoms in total. The molecule has 0 atom stereocenters. The molecule has 0 aromatic heterocycles. The predicted molar refractivity (Wildman–Crippen MR) is 116 cm³/mol. The molecule has 0 radical (unpaired) electrons. The molecule has 2 aromatic carbocycles. The zero-order chi connectivity index (χ0) is 18.5. The first-order chi connectivity index (χ1) is 12.6. The molecule has 27 heavy (non-hydrogen) atoms. The van der Waals surface area contributed by atoms with Gasteiger partial charge in [0, 0.05) is 22.7 Å². The Morgan fingerprint density at radius 3 is 2.63 bits per heavy atom. The molecule has 1 aliphatic carbocycles. The number of anilines is 1. The van der Waals surface area contributed by atoms with Gasteiger partial charge in [-0.2, -0.15) is 0 Å². The Kier molecular flexibility index (Phi) is 8.27. The van der Waals surface area contributed by atoms with Gasteiger partial charge in [-0.05, 0) is 48.7 Å². The first kappa shape index (κ1) is 21.9. The number of nitrogens with one attached hydrogen (secondary N) is 2. The van der Waals surface area contributed by atoms with Crippen LogP contribution in [0.2, 0.25) is 5.02 Å². The molecule has 0 heterocycles. The van der Waals surface area contributed by atoms with Crippen molar-refractivity contribution in [2.75, 3.05) is 12.4 Å². The molecule has 2 aromatic rings. The van der Waals surface area contributed by atoms with Crippen molar-refractivity contribution >= 4 is 51.5 Å². The summed E-state index contributed by atoms with van der Waals surface area (Å²) in [5.41, 5.74) is 2.45. The molecule has 1 saturated carbocycles. The smallest absolute Gasteiger partial charge is 0.253 e. The maximum atomic E-state index is 12.7. The molecule has 2 N–H and O–H groups in total. The lowest BCUT2D eigenvalue weighted by Crippen LogP contribution is -2.25. The van der Waals surface area contributed by atoms with Gasteiger partial charge in [0.15, 0.2) is 0 Å². The van der Waals surface area contributed by atoms with Crippen LogP contribution >= 0.6 is 39.9 Å². The van der Waals surface area contributed by atoms with E-state index in [1.807, 2.05) is 24.3 Å². The van der Waals surface area contributed by atoms with Crippen LogP contribution in [-0.4, -0.2) is 19.1 Å². The lowest BCUT2D eigenvalue weighted by Gasteiger charge is -2.17. The standard InChI is InChI=1S/C20H22BrClN2O2.ClH/c1-26-19-9-6-13(10-17(19)22)12-23-20(25)16-11-14(21)7-8-18(16)24-15-4-2-3-5-15;/h6-11,15,24H,2-5,12H2,1H3,(H,23,25);1H. The Labute approximate surface area is 179 Å². The van der Waals surface area contributed by atoms with Crippen LogP contribution in [0.15, 0.2) is 40.9 Å². The van der Waals surface area contributed by atoms with E-state index in [9.17, 15) is 4.79 Å². The maximum absolute atomic E-state index is 12.7. The highest BCUT2D eigenvalue weighted by Gasteiger charge is 2.18. The molecule has 1 aliphatic rings. The number of hydrogen-bond donors (Lipinski definition) is 2. The van der Waals surface area contributed by atoms with Crippen molar-refractivity contribution < 1.29 is 9.53 Å². The summed E-state index contributed by atoms with van der Waals surface area (Å²) in [6.07, 6.45) is 4.80. The maximum Gasteiger partial charge on any atom is 0.253 e. The Morgan fingerprint density at radius 2 is 1.96 bits per heavy atom. The molecule has 0 bridgehead atoms. The predicted octanol–water partition coefficient (Wildman–Crippen LogP) is 5.82. The number of rotatable bonds is 6. The van der Waals surface area contributed by atoms with Gasteiger partial charge in [0.1, 0.15) is 5.75 Å². The first-order valence-electron chi connectivity index (χ1n) is 8.73. The van der Waals surface area contributed by atoms with Gasteiger partial charge >= 0.3 is 0 Å². The summed E-state index contributed by atoms with van der Waals surface area (Å²) in [7, 11) is 1.58. The lowest BCUT2D eigenvalue weighted by molar-refractivity contribution is 0.0951. The van der Waals surface area contributed by atoms with Crippen LogP contribution < -0.4 is 15.4 Å². The molecule has 0 aliphatic heterocycles. The number of ether oxygens (including phenoxy) is 1. The Morgan fingerprint density at radius 1 is 1.22 bits per heavy atom. The first-order valence-corrected chi connectivity index (χ1v) is 9.90. The molecule has 3 rings (SSSR count). The second-order valence-electron chi connectivity index (χ2n) is 6.47. The van der Waals surface area contributed by atoms with Gasteiger partial charge in [-0.3, -0.25) is 4.79 Å². The third kappa shape index (κ3) is 5.77. The van der Waals surface area contributed by atoms with Crippen LogP contribution in [0.4, 0.5) is 5.69 Å². The Balaban J connectivity index is 0.00000261. The fourth-order valence-electron chi connectivity index (χ4n) is 3.22. The van der Waals surface area contributed by atoms with Gasteiger partial charge in [0.25, 0.3) is 5.91 Å². The summed E-state index contributed by atoms with van der Waals surface area (Å²) < 4.78 is 6.04. The number of methoxy groups -OCH3 is 1. The summed E-state index contributed by atoms with van der Waals surface area (Å²) in [6.45, 7) is 0.401. The van der Waals surface area contributed by atoms with E-state index in [1.54, 1.807) is 19.2 Å². The lowest BCUT2D eigenvalue weighted by atomic mass is 10.1. The van der Waals surface area contributed by atoms with Crippen molar-refractivity contribution in [1.82, 2.24) is 5.32 Å². The van der Waals surface area contributed by atoms with E-state index >= 15 is 0 Å². The molecule has 0 spiro atoms. The van der Waals surface area contributed by atoms with E-state index in [4.69, 9.17) is 16.3 Å². The molecule has 0 saturated heterocycles. The van der Waals surface area contributed by atoms with E-state index in [0.717, 1.165) is 28.6 Å². The van der Waals surface area contributed by atoms with Crippen molar-refractivity contribution in [2.24, 2.45) is 0 Å². The highest BCUT2D eigenvalue weighted by Crippen LogP contribution is 2.27. The van der Waals surface area contributed by atoms with Crippen LogP contribution in [0.5, 0.6) is 5.75 Å². The van der Waals surface area contributed by atoms with Gasteiger partial charge in [0.2, 0.25) is 0 Å². The van der Waals surface area contributed by atoms with Gasteiger partial charge in [-0.1, -0.05) is 46.4 Å². The van der Waals surface area contributed by atoms with Crippen molar-refractivity contribution in [3.8, 4) is 5.75 Å². The Bertz CT molecular complexity index is 796. The van der Waals surface area contributed by atoms with Crippen LogP contribution in [0.1, 0.15) is 41.6 Å². The van der Waals surface area contributed by atoms with Crippen molar-refractivity contribution in [1.29, 1.82) is 0 Å². The molecule has 1 fully saturated rings. The number of carbonyl (C=O) groups excluding carboxylic acids is 1. The molecule has 146 valence electrons. The second-order valence-corrected chi connectivity index (χ2v) is 7.79. The quantitative estimate of drug-likeness (QED) is 0.555. The molecule has 7 heteroatoms. The summed E-state index contributed by atoms with van der Waals surface area (Å²) in [5.74, 6) is 0.510. The minimum Gasteiger partial charge on any atom is -0.495 e. The van der Waals surface area contributed by atoms with Crippen molar-refractivity contribution in [3.63, 3.8) is 0 Å². The van der Waals surface area contributed by atoms with E-state index < -0.39 is 0 Å². The average molecular weight is 474 g/mol. The third-order valence-electron chi connectivity index (χ3n) is 4.61. The summed E-state index contributed by atoms with van der Waals surface area (Å²) in [6, 6.07) is 11.7. The van der Waals surface area contributed by atoms with Gasteiger partial charge in [0.05, 0.1) is 17.7 Å².